The Kier molecular flexibility index (Phi) is 54.7. The van der Waals surface area contributed by atoms with E-state index in [9.17, 15) is 0 Å². The topological polar surface area (TPSA) is 24.4 Å². The number of rotatable bonds is 13. The predicted octanol–water partition coefficient (Wildman–Crippen LogP) is 18.6. The van der Waals surface area contributed by atoms with Crippen LogP contribution in [0.25, 0.3) is 5.57 Å². The van der Waals surface area contributed by atoms with Crippen LogP contribution in [0, 0.1) is 31.6 Å². The fraction of sp³-hybridized carbons (Fsp3) is 0.642. The molecule has 2 nitrogen and oxygen atoms in total. The molecule has 0 bridgehead atoms. The quantitative estimate of drug-likeness (QED) is 0.0920. The largest absolute Gasteiger partial charge is 0.358 e. The number of aliphatic imine (C=N–C) groups is 1. The predicted molar refractivity (Wildman–Crippen MR) is 264 cm³/mol. The minimum Gasteiger partial charge on any atom is -0.358 e. The van der Waals surface area contributed by atoms with E-state index < -0.39 is 0 Å². The Morgan fingerprint density at radius 2 is 1.27 bits per heavy atom. The summed E-state index contributed by atoms with van der Waals surface area (Å²) in [6.45, 7) is 46.6. The Hall–Kier alpha value is -3.05. The summed E-state index contributed by atoms with van der Waals surface area (Å²) < 4.78 is 0. The van der Waals surface area contributed by atoms with Gasteiger partial charge in [-0.25, -0.2) is 0 Å². The Balaban J connectivity index is -0.000000151. The van der Waals surface area contributed by atoms with Crippen LogP contribution in [0.3, 0.4) is 0 Å². The number of nitrogens with zero attached hydrogens (tertiary/aromatic N) is 1. The fourth-order valence-corrected chi connectivity index (χ4v) is 4.13. The van der Waals surface area contributed by atoms with Gasteiger partial charge < -0.3 is 5.32 Å². The van der Waals surface area contributed by atoms with E-state index in [0.29, 0.717) is 6.54 Å². The summed E-state index contributed by atoms with van der Waals surface area (Å²) in [6, 6.07) is 6.37. The van der Waals surface area contributed by atoms with Gasteiger partial charge in [0, 0.05) is 17.1 Å². The molecule has 0 spiro atoms. The summed E-state index contributed by atoms with van der Waals surface area (Å²) in [5.74, 6) is 1.80. The number of hydrogen-bond acceptors (Lipinski definition) is 2. The third-order valence-electron chi connectivity index (χ3n) is 8.71. The molecule has 0 radical (unpaired) electrons. The van der Waals surface area contributed by atoms with Crippen LogP contribution in [0.15, 0.2) is 77.5 Å². The van der Waals surface area contributed by atoms with Crippen LogP contribution in [0.1, 0.15) is 212 Å². The van der Waals surface area contributed by atoms with E-state index >= 15 is 0 Å². The molecule has 0 amide bonds. The second kappa shape index (κ2) is 47.1. The zero-order valence-electron chi connectivity index (χ0n) is 39.4. The molecule has 1 aromatic rings. The first-order valence-corrected chi connectivity index (χ1v) is 21.7. The summed E-state index contributed by atoms with van der Waals surface area (Å²) in [6.07, 6.45) is 30.8. The van der Waals surface area contributed by atoms with Crippen LogP contribution in [0.2, 0.25) is 0 Å². The molecule has 0 atom stereocenters. The Morgan fingerprint density at radius 3 is 1.58 bits per heavy atom. The van der Waals surface area contributed by atoms with Gasteiger partial charge in [-0.05, 0) is 103 Å². The van der Waals surface area contributed by atoms with Crippen molar-refractivity contribution in [3.8, 4) is 12.8 Å². The molecule has 0 saturated heterocycles. The van der Waals surface area contributed by atoms with Crippen molar-refractivity contribution in [3.05, 3.63) is 83.6 Å². The lowest BCUT2D eigenvalue weighted by Crippen LogP contribution is -2.07. The van der Waals surface area contributed by atoms with E-state index in [1.165, 1.54) is 98.6 Å². The van der Waals surface area contributed by atoms with E-state index in [0.717, 1.165) is 53.6 Å². The normalized spacial score (nSPS) is 12.3. The molecular weight excluding hydrogens is 665 g/mol. The lowest BCUT2D eigenvalue weighted by Gasteiger charge is -2.13. The minimum atomic E-state index is 0. The molecule has 3 rings (SSSR count). The average Bonchev–Trinajstić information content (AvgIpc) is 3.92. The molecule has 0 aromatic heterocycles. The van der Waals surface area contributed by atoms with Crippen LogP contribution in [-0.4, -0.2) is 12.3 Å². The monoisotopic (exact) mass is 763 g/mol. The van der Waals surface area contributed by atoms with E-state index in [1.807, 2.05) is 27.7 Å². The van der Waals surface area contributed by atoms with Gasteiger partial charge in [0.05, 0.1) is 6.54 Å². The van der Waals surface area contributed by atoms with Crippen molar-refractivity contribution in [2.75, 3.05) is 11.9 Å². The molecule has 55 heavy (non-hydrogen) atoms. The van der Waals surface area contributed by atoms with Crippen molar-refractivity contribution < 1.29 is 0 Å². The molecule has 2 heteroatoms. The smallest absolute Gasteiger partial charge is 0.0783 e. The number of terminal acetylenes is 1. The van der Waals surface area contributed by atoms with Crippen molar-refractivity contribution in [1.29, 1.82) is 0 Å². The van der Waals surface area contributed by atoms with Crippen LogP contribution < -0.4 is 5.32 Å². The highest BCUT2D eigenvalue weighted by Crippen LogP contribution is 2.32. The lowest BCUT2D eigenvalue weighted by molar-refractivity contribution is 0.612. The second-order valence-electron chi connectivity index (χ2n) is 14.6. The van der Waals surface area contributed by atoms with Crippen molar-refractivity contribution in [2.45, 2.75) is 208 Å². The van der Waals surface area contributed by atoms with Crippen LogP contribution >= 0.6 is 0 Å². The van der Waals surface area contributed by atoms with Crippen LogP contribution in [-0.2, 0) is 0 Å². The first-order chi connectivity index (χ1) is 25.7. The number of hydrogen-bond donors (Lipinski definition) is 1. The van der Waals surface area contributed by atoms with Gasteiger partial charge in [-0.1, -0.05) is 194 Å². The van der Waals surface area contributed by atoms with E-state index in [-0.39, 0.29) is 7.43 Å². The van der Waals surface area contributed by atoms with E-state index in [2.05, 4.69) is 151 Å². The Bertz CT molecular complexity index is 1130. The molecule has 0 heterocycles. The van der Waals surface area contributed by atoms with Crippen molar-refractivity contribution in [2.24, 2.45) is 16.8 Å². The number of anilines is 1. The first kappa shape index (κ1) is 63.9. The Labute approximate surface area is 349 Å². The van der Waals surface area contributed by atoms with Crippen molar-refractivity contribution in [1.82, 2.24) is 0 Å². The van der Waals surface area contributed by atoms with Crippen molar-refractivity contribution >= 4 is 17.0 Å². The highest BCUT2D eigenvalue weighted by molar-refractivity contribution is 5.88. The SMILES string of the molecule is C.C#C.C=C(C)CC.C=C(CN=C(CCC)C1CC1)Nc1cc(C(=C)C)ccc1C.CC.CC/C=C\C(C)=C(C)C.CC1CCCC1.CCCC.CCCC. The van der Waals surface area contributed by atoms with Gasteiger partial charge in [0.2, 0.25) is 0 Å². The lowest BCUT2D eigenvalue weighted by atomic mass is 10.1. The first-order valence-electron chi connectivity index (χ1n) is 21.7. The van der Waals surface area contributed by atoms with Crippen molar-refractivity contribution in [3.63, 3.8) is 0 Å². The average molecular weight is 763 g/mol. The van der Waals surface area contributed by atoms with Crippen LogP contribution in [0.5, 0.6) is 0 Å². The van der Waals surface area contributed by atoms with E-state index in [4.69, 9.17) is 4.99 Å². The van der Waals surface area contributed by atoms with Gasteiger partial charge in [0.25, 0.3) is 0 Å². The van der Waals surface area contributed by atoms with Gasteiger partial charge in [-0.2, -0.15) is 0 Å². The maximum absolute atomic E-state index is 4.80. The molecule has 1 N–H and O–H groups in total. The molecule has 0 unspecified atom stereocenters. The molecule has 2 saturated carbocycles. The summed E-state index contributed by atoms with van der Waals surface area (Å²) in [5.41, 5.74) is 10.9. The molecule has 2 aliphatic carbocycles. The summed E-state index contributed by atoms with van der Waals surface area (Å²) >= 11 is 0. The van der Waals surface area contributed by atoms with Gasteiger partial charge in [-0.3, -0.25) is 4.99 Å². The number of benzene rings is 1. The fourth-order valence-electron chi connectivity index (χ4n) is 4.13. The second-order valence-corrected chi connectivity index (χ2v) is 14.6. The highest BCUT2D eigenvalue weighted by Gasteiger charge is 2.26. The third-order valence-corrected chi connectivity index (χ3v) is 8.71. The number of allylic oxidation sites excluding steroid dienone is 6. The number of unbranched alkanes of at least 4 members (excludes halogenated alkanes) is 2. The Morgan fingerprint density at radius 1 is 0.800 bits per heavy atom. The van der Waals surface area contributed by atoms with Crippen LogP contribution in [0.4, 0.5) is 5.69 Å². The molecule has 0 aliphatic heterocycles. The maximum Gasteiger partial charge on any atom is 0.0783 e. The molecule has 2 aliphatic rings. The van der Waals surface area contributed by atoms with Gasteiger partial charge >= 0.3 is 0 Å². The molecular formula is C53H98N2. The van der Waals surface area contributed by atoms with E-state index in [1.54, 1.807) is 0 Å². The summed E-state index contributed by atoms with van der Waals surface area (Å²) in [5, 5.41) is 3.42. The standard InChI is InChI=1S/C20H28N2.C9H16.C6H12.C5H10.2C4H10.C2H6.C2H2.CH4/c1-6-7-19(17-10-11-17)21-13-16(5)22-20-12-18(14(2)3)9-8-15(20)4;1-5-6-7-9(4)8(2)3;1-6-4-2-3-5-6;1-4-5(2)3;2*1-3-4-2;2*1-2;/h8-9,12,17,22H,2,5-7,10-11,13H2,1,3-4H3;6-7H,5H2,1-4H3;6H,2-5H2,1H3;2,4H2,1,3H3;2*3-4H2,1-2H3;1-2H3;1-2H;1H4/b;7-6-;;;;;;;. The third kappa shape index (κ3) is 45.2. The van der Waals surface area contributed by atoms with Gasteiger partial charge in [0.1, 0.15) is 0 Å². The zero-order chi connectivity index (χ0) is 42.9. The molecule has 1 aromatic carbocycles. The number of aryl methyl sites for hydroxylation is 1. The van der Waals surface area contributed by atoms with Gasteiger partial charge in [-0.15, -0.1) is 19.4 Å². The summed E-state index contributed by atoms with van der Waals surface area (Å²) in [4.78, 5) is 4.80. The highest BCUT2D eigenvalue weighted by atomic mass is 14.9. The summed E-state index contributed by atoms with van der Waals surface area (Å²) in [7, 11) is 0. The number of nitrogens with one attached hydrogen (secondary N) is 1. The molecule has 320 valence electrons. The zero-order valence-corrected chi connectivity index (χ0v) is 39.4. The maximum atomic E-state index is 4.80. The molecule has 2 fully saturated rings. The minimum absolute atomic E-state index is 0. The van der Waals surface area contributed by atoms with Gasteiger partial charge in [0.15, 0.2) is 0 Å².